The van der Waals surface area contributed by atoms with Gasteiger partial charge in [-0.1, -0.05) is 224 Å². The Morgan fingerprint density at radius 3 is 1.22 bits per heavy atom. The zero-order valence-corrected chi connectivity index (χ0v) is 38.8. The van der Waals surface area contributed by atoms with E-state index in [0.717, 1.165) is 57.8 Å². The lowest BCUT2D eigenvalue weighted by molar-refractivity contribution is -0.143. The van der Waals surface area contributed by atoms with Gasteiger partial charge in [0.1, 0.15) is 0 Å². The van der Waals surface area contributed by atoms with Crippen molar-refractivity contribution < 1.29 is 24.5 Å². The molecule has 0 radical (unpaired) electrons. The van der Waals surface area contributed by atoms with E-state index in [4.69, 9.17) is 4.74 Å². The van der Waals surface area contributed by atoms with Crippen LogP contribution in [0, 0.1) is 0 Å². The van der Waals surface area contributed by atoms with Gasteiger partial charge in [0, 0.05) is 12.8 Å². The summed E-state index contributed by atoms with van der Waals surface area (Å²) in [6.07, 6.45) is 56.1. The highest BCUT2D eigenvalue weighted by Gasteiger charge is 2.18. The molecule has 58 heavy (non-hydrogen) atoms. The van der Waals surface area contributed by atoms with Gasteiger partial charge in [-0.3, -0.25) is 9.59 Å². The SMILES string of the molecule is CCCCCCCCC/C=C\CCCCCCCC(=O)OCCCCCCCCCCCCCCCCCC(=O)NC(CO)C(O)/C=C/CCCCCCCCCC. The van der Waals surface area contributed by atoms with Crippen LogP contribution in [-0.2, 0) is 14.3 Å². The summed E-state index contributed by atoms with van der Waals surface area (Å²) in [7, 11) is 0. The molecule has 6 heteroatoms. The Kier molecular flexibility index (Phi) is 46.6. The molecule has 0 fully saturated rings. The van der Waals surface area contributed by atoms with E-state index in [1.165, 1.54) is 186 Å². The smallest absolute Gasteiger partial charge is 0.305 e. The molecule has 342 valence electrons. The van der Waals surface area contributed by atoms with Gasteiger partial charge in [-0.05, 0) is 57.8 Å². The van der Waals surface area contributed by atoms with E-state index in [1.807, 2.05) is 6.08 Å². The quantitative estimate of drug-likeness (QED) is 0.0323. The third kappa shape index (κ3) is 43.9. The van der Waals surface area contributed by atoms with Crippen LogP contribution < -0.4 is 5.32 Å². The number of allylic oxidation sites excluding steroid dienone is 3. The highest BCUT2D eigenvalue weighted by molar-refractivity contribution is 5.76. The van der Waals surface area contributed by atoms with E-state index < -0.39 is 12.1 Å². The summed E-state index contributed by atoms with van der Waals surface area (Å²) < 4.78 is 5.46. The van der Waals surface area contributed by atoms with Crippen LogP contribution in [0.1, 0.15) is 271 Å². The second-order valence-electron chi connectivity index (χ2n) is 17.5. The highest BCUT2D eigenvalue weighted by Crippen LogP contribution is 2.15. The first-order valence-electron chi connectivity index (χ1n) is 25.6. The summed E-state index contributed by atoms with van der Waals surface area (Å²) in [4.78, 5) is 24.4. The Bertz CT molecular complexity index is 904. The van der Waals surface area contributed by atoms with E-state index in [9.17, 15) is 19.8 Å². The minimum absolute atomic E-state index is 0.00841. The first-order valence-corrected chi connectivity index (χ1v) is 25.6. The monoisotopic (exact) mass is 818 g/mol. The third-order valence-electron chi connectivity index (χ3n) is 11.7. The van der Waals surface area contributed by atoms with Gasteiger partial charge in [-0.25, -0.2) is 0 Å². The summed E-state index contributed by atoms with van der Waals surface area (Å²) >= 11 is 0. The van der Waals surface area contributed by atoms with Gasteiger partial charge in [-0.2, -0.15) is 0 Å². The van der Waals surface area contributed by atoms with E-state index in [2.05, 4.69) is 31.3 Å². The predicted molar refractivity (Wildman–Crippen MR) is 250 cm³/mol. The molecule has 0 aliphatic heterocycles. The molecule has 0 aliphatic carbocycles. The van der Waals surface area contributed by atoms with Crippen molar-refractivity contribution in [3.8, 4) is 0 Å². The average Bonchev–Trinajstić information content (AvgIpc) is 3.22. The number of nitrogens with one attached hydrogen (secondary N) is 1. The maximum atomic E-state index is 12.4. The molecule has 1 amide bonds. The van der Waals surface area contributed by atoms with Crippen molar-refractivity contribution in [3.63, 3.8) is 0 Å². The number of unbranched alkanes of at least 4 members (excludes halogenated alkanes) is 34. The van der Waals surface area contributed by atoms with Gasteiger partial charge in [0.25, 0.3) is 0 Å². The lowest BCUT2D eigenvalue weighted by Crippen LogP contribution is -2.45. The number of amides is 1. The lowest BCUT2D eigenvalue weighted by Gasteiger charge is -2.20. The van der Waals surface area contributed by atoms with Crippen LogP contribution in [0.25, 0.3) is 0 Å². The van der Waals surface area contributed by atoms with Crippen LogP contribution >= 0.6 is 0 Å². The molecule has 0 saturated heterocycles. The summed E-state index contributed by atoms with van der Waals surface area (Å²) in [6.45, 7) is 4.86. The number of hydrogen-bond acceptors (Lipinski definition) is 5. The van der Waals surface area contributed by atoms with Crippen molar-refractivity contribution in [2.45, 2.75) is 283 Å². The molecule has 0 bridgehead atoms. The Labute approximate surface area is 361 Å². The minimum atomic E-state index is -0.848. The molecular weight excluding hydrogens is 719 g/mol. The highest BCUT2D eigenvalue weighted by atomic mass is 16.5. The number of rotatable bonds is 47. The summed E-state index contributed by atoms with van der Waals surface area (Å²) in [6, 6.07) is -0.632. The van der Waals surface area contributed by atoms with E-state index in [0.29, 0.717) is 19.4 Å². The molecule has 0 aromatic heterocycles. The van der Waals surface area contributed by atoms with E-state index >= 15 is 0 Å². The first-order chi connectivity index (χ1) is 28.5. The Hall–Kier alpha value is -1.66. The Balaban J connectivity index is 3.43. The molecule has 0 rings (SSSR count). The van der Waals surface area contributed by atoms with Gasteiger partial charge in [0.2, 0.25) is 5.91 Å². The zero-order valence-electron chi connectivity index (χ0n) is 38.8. The number of carbonyl (C=O) groups is 2. The van der Waals surface area contributed by atoms with Crippen molar-refractivity contribution in [3.05, 3.63) is 24.3 Å². The van der Waals surface area contributed by atoms with Crippen LogP contribution in [-0.4, -0.2) is 47.4 Å². The van der Waals surface area contributed by atoms with Crippen molar-refractivity contribution in [1.82, 2.24) is 5.32 Å². The fourth-order valence-electron chi connectivity index (χ4n) is 7.74. The number of aliphatic hydroxyl groups excluding tert-OH is 2. The first kappa shape index (κ1) is 56.3. The summed E-state index contributed by atoms with van der Waals surface area (Å²) in [5.74, 6) is -0.0873. The topological polar surface area (TPSA) is 95.9 Å². The molecule has 0 aliphatic rings. The molecule has 0 saturated carbocycles. The fourth-order valence-corrected chi connectivity index (χ4v) is 7.74. The maximum Gasteiger partial charge on any atom is 0.305 e. The number of aliphatic hydroxyl groups is 2. The van der Waals surface area contributed by atoms with Crippen molar-refractivity contribution >= 4 is 11.9 Å². The average molecular weight is 818 g/mol. The fraction of sp³-hybridized carbons (Fsp3) is 0.885. The van der Waals surface area contributed by atoms with Crippen LogP contribution in [0.3, 0.4) is 0 Å². The maximum absolute atomic E-state index is 12.4. The molecule has 0 aromatic rings. The third-order valence-corrected chi connectivity index (χ3v) is 11.7. The zero-order chi connectivity index (χ0) is 42.3. The number of ether oxygens (including phenoxy) is 1. The summed E-state index contributed by atoms with van der Waals surface area (Å²) in [5, 5.41) is 22.9. The largest absolute Gasteiger partial charge is 0.466 e. The van der Waals surface area contributed by atoms with Gasteiger partial charge in [-0.15, -0.1) is 0 Å². The van der Waals surface area contributed by atoms with E-state index in [-0.39, 0.29) is 18.5 Å². The minimum Gasteiger partial charge on any atom is -0.466 e. The van der Waals surface area contributed by atoms with Gasteiger partial charge < -0.3 is 20.3 Å². The molecular formula is C52H99NO5. The Morgan fingerprint density at radius 1 is 0.466 bits per heavy atom. The molecule has 2 atom stereocenters. The number of carbonyl (C=O) groups excluding carboxylic acids is 2. The summed E-state index contributed by atoms with van der Waals surface area (Å²) in [5.41, 5.74) is 0. The van der Waals surface area contributed by atoms with Crippen molar-refractivity contribution in [1.29, 1.82) is 0 Å². The molecule has 6 nitrogen and oxygen atoms in total. The van der Waals surface area contributed by atoms with Crippen LogP contribution in [0.2, 0.25) is 0 Å². The van der Waals surface area contributed by atoms with Crippen molar-refractivity contribution in [2.75, 3.05) is 13.2 Å². The Morgan fingerprint density at radius 2 is 0.810 bits per heavy atom. The molecule has 0 spiro atoms. The van der Waals surface area contributed by atoms with E-state index in [1.54, 1.807) is 6.08 Å². The van der Waals surface area contributed by atoms with Crippen LogP contribution in [0.4, 0.5) is 0 Å². The number of esters is 1. The molecule has 0 aromatic carbocycles. The number of hydrogen-bond donors (Lipinski definition) is 3. The normalized spacial score (nSPS) is 12.8. The van der Waals surface area contributed by atoms with Crippen molar-refractivity contribution in [2.24, 2.45) is 0 Å². The second kappa shape index (κ2) is 48.0. The van der Waals surface area contributed by atoms with Crippen LogP contribution in [0.15, 0.2) is 24.3 Å². The molecule has 2 unspecified atom stereocenters. The van der Waals surface area contributed by atoms with Gasteiger partial charge >= 0.3 is 5.97 Å². The van der Waals surface area contributed by atoms with Gasteiger partial charge in [0.05, 0.1) is 25.4 Å². The molecule has 0 heterocycles. The second-order valence-corrected chi connectivity index (χ2v) is 17.5. The van der Waals surface area contributed by atoms with Crippen LogP contribution in [0.5, 0.6) is 0 Å². The lowest BCUT2D eigenvalue weighted by atomic mass is 10.0. The standard InChI is InChI=1S/C52H99NO5/c1-3-5-7-9-11-13-15-16-17-20-23-26-30-34-38-42-46-52(57)58-47-43-39-35-31-27-24-21-18-19-22-25-29-33-37-41-45-51(56)53-49(48-54)50(55)44-40-36-32-28-14-12-10-8-6-4-2/h17,20,40,44,49-50,54-55H,3-16,18-19,21-39,41-43,45-48H2,1-2H3,(H,53,56)/b20-17-,44-40+. The van der Waals surface area contributed by atoms with Gasteiger partial charge in [0.15, 0.2) is 0 Å². The predicted octanol–water partition coefficient (Wildman–Crippen LogP) is 15.1. The molecule has 3 N–H and O–H groups in total.